The normalized spacial score (nSPS) is 20.5. The van der Waals surface area contributed by atoms with Crippen LogP contribution in [0.15, 0.2) is 54.6 Å². The van der Waals surface area contributed by atoms with Gasteiger partial charge in [-0.1, -0.05) is 80.2 Å². The first-order chi connectivity index (χ1) is 14.8. The minimum Gasteiger partial charge on any atom is -0.445 e. The highest BCUT2D eigenvalue weighted by Crippen LogP contribution is 2.35. The Labute approximate surface area is 183 Å². The van der Waals surface area contributed by atoms with Crippen molar-refractivity contribution in [1.29, 1.82) is 0 Å². The van der Waals surface area contributed by atoms with Gasteiger partial charge < -0.3 is 4.74 Å². The number of amides is 1. The number of rotatable bonds is 12. The van der Waals surface area contributed by atoms with Crippen LogP contribution in [-0.2, 0) is 11.3 Å². The van der Waals surface area contributed by atoms with Crippen LogP contribution in [0, 0.1) is 0 Å². The molecule has 2 aliphatic rings. The number of benzene rings is 1. The number of carbonyl (C=O) groups is 1. The van der Waals surface area contributed by atoms with E-state index in [1.54, 1.807) is 5.57 Å². The lowest BCUT2D eigenvalue weighted by Crippen LogP contribution is -2.51. The first-order valence-corrected chi connectivity index (χ1v) is 12.1. The minimum atomic E-state index is -0.139. The molecule has 1 fully saturated rings. The number of unbranched alkanes of at least 4 members (excludes halogenated alkanes) is 7. The van der Waals surface area contributed by atoms with Crippen LogP contribution in [0.2, 0.25) is 0 Å². The van der Waals surface area contributed by atoms with E-state index in [0.29, 0.717) is 12.6 Å². The van der Waals surface area contributed by atoms with Gasteiger partial charge in [0, 0.05) is 6.04 Å². The van der Waals surface area contributed by atoms with Crippen molar-refractivity contribution in [3.05, 3.63) is 60.2 Å². The number of hydrogen-bond donors (Lipinski definition) is 0. The molecule has 2 aliphatic heterocycles. The average molecular weight is 410 g/mol. The van der Waals surface area contributed by atoms with Crippen molar-refractivity contribution in [1.82, 2.24) is 4.90 Å². The summed E-state index contributed by atoms with van der Waals surface area (Å²) in [6.45, 7) is 4.15. The van der Waals surface area contributed by atoms with Crippen molar-refractivity contribution in [3.63, 3.8) is 0 Å². The van der Waals surface area contributed by atoms with Gasteiger partial charge in [-0.25, -0.2) is 4.79 Å². The van der Waals surface area contributed by atoms with Gasteiger partial charge in [0.25, 0.3) is 0 Å². The third-order valence-electron chi connectivity index (χ3n) is 6.54. The number of nitrogens with zero attached hydrogens (tertiary/aromatic N) is 1. The Morgan fingerprint density at radius 3 is 2.50 bits per heavy atom. The van der Waals surface area contributed by atoms with Crippen LogP contribution in [-0.4, -0.2) is 23.1 Å². The molecule has 3 heteroatoms. The second-order valence-electron chi connectivity index (χ2n) is 8.93. The van der Waals surface area contributed by atoms with E-state index in [9.17, 15) is 4.79 Å². The molecule has 2 heterocycles. The monoisotopic (exact) mass is 409 g/mol. The zero-order chi connectivity index (χ0) is 21.0. The molecule has 30 heavy (non-hydrogen) atoms. The van der Waals surface area contributed by atoms with E-state index < -0.39 is 0 Å². The number of fused-ring (bicyclic) bond motifs is 2. The Balaban J connectivity index is 1.39. The van der Waals surface area contributed by atoms with Crippen LogP contribution >= 0.6 is 0 Å². The van der Waals surface area contributed by atoms with Crippen LogP contribution in [0.3, 0.4) is 0 Å². The number of allylic oxidation sites excluding steroid dienone is 1. The molecule has 2 unspecified atom stereocenters. The van der Waals surface area contributed by atoms with Gasteiger partial charge in [0.05, 0.1) is 6.04 Å². The molecule has 3 nitrogen and oxygen atoms in total. The van der Waals surface area contributed by atoms with Crippen LogP contribution in [0.25, 0.3) is 0 Å². The molecule has 2 atom stereocenters. The van der Waals surface area contributed by atoms with Crippen LogP contribution in [0.1, 0.15) is 89.0 Å². The SMILES string of the molecule is C=CCCCCCCCCCC1=CC2CCCC(C1)N2C(=O)OCc1ccccc1. The summed E-state index contributed by atoms with van der Waals surface area (Å²) in [6, 6.07) is 10.5. The van der Waals surface area contributed by atoms with E-state index in [2.05, 4.69) is 12.7 Å². The van der Waals surface area contributed by atoms with Crippen molar-refractivity contribution in [2.75, 3.05) is 0 Å². The fraction of sp³-hybridized carbons (Fsp3) is 0.593. The summed E-state index contributed by atoms with van der Waals surface area (Å²) in [5.74, 6) is 0. The highest BCUT2D eigenvalue weighted by molar-refractivity contribution is 5.69. The van der Waals surface area contributed by atoms with Gasteiger partial charge in [0.1, 0.15) is 6.61 Å². The molecular weight excluding hydrogens is 370 g/mol. The Morgan fingerprint density at radius 2 is 1.77 bits per heavy atom. The second kappa shape index (κ2) is 12.6. The lowest BCUT2D eigenvalue weighted by Gasteiger charge is -2.44. The maximum atomic E-state index is 12.8. The molecule has 0 saturated carbocycles. The number of hydrogen-bond acceptors (Lipinski definition) is 2. The third kappa shape index (κ3) is 7.04. The lowest BCUT2D eigenvalue weighted by atomic mass is 9.84. The van der Waals surface area contributed by atoms with E-state index in [1.807, 2.05) is 41.3 Å². The molecular formula is C27H39NO2. The molecule has 0 radical (unpaired) electrons. The van der Waals surface area contributed by atoms with Gasteiger partial charge in [0.2, 0.25) is 0 Å². The van der Waals surface area contributed by atoms with Gasteiger partial charge in [0.15, 0.2) is 0 Å². The highest BCUT2D eigenvalue weighted by atomic mass is 16.6. The maximum Gasteiger partial charge on any atom is 0.410 e. The van der Waals surface area contributed by atoms with E-state index in [4.69, 9.17) is 4.74 Å². The van der Waals surface area contributed by atoms with Crippen LogP contribution in [0.4, 0.5) is 4.79 Å². The fourth-order valence-electron chi connectivity index (χ4n) is 4.91. The van der Waals surface area contributed by atoms with Crippen molar-refractivity contribution in [2.45, 2.75) is 102 Å². The summed E-state index contributed by atoms with van der Waals surface area (Å²) in [5, 5.41) is 0. The quantitative estimate of drug-likeness (QED) is 0.263. The standard InChI is InChI=1S/C27H39NO2/c1-2-3-4-5-6-7-8-9-11-17-24-20-25-18-14-19-26(21-24)28(25)27(29)30-22-23-15-12-10-13-16-23/h2,10,12-13,15-16,20,25-26H,1,3-9,11,14,17-19,21-22H2. The van der Waals surface area contributed by atoms with E-state index in [0.717, 1.165) is 31.2 Å². The summed E-state index contributed by atoms with van der Waals surface area (Å²) in [5.41, 5.74) is 2.62. The average Bonchev–Trinajstić information content (AvgIpc) is 2.76. The molecule has 0 N–H and O–H groups in total. The first-order valence-electron chi connectivity index (χ1n) is 12.1. The zero-order valence-corrected chi connectivity index (χ0v) is 18.6. The number of ether oxygens (including phenoxy) is 1. The van der Waals surface area contributed by atoms with Gasteiger partial charge in [-0.2, -0.15) is 0 Å². The summed E-state index contributed by atoms with van der Waals surface area (Å²) in [7, 11) is 0. The number of carbonyl (C=O) groups excluding carboxylic acids is 1. The van der Waals surface area contributed by atoms with Gasteiger partial charge in [-0.3, -0.25) is 4.90 Å². The molecule has 1 amide bonds. The largest absolute Gasteiger partial charge is 0.445 e. The van der Waals surface area contributed by atoms with Crippen molar-refractivity contribution in [2.24, 2.45) is 0 Å². The van der Waals surface area contributed by atoms with Gasteiger partial charge >= 0.3 is 6.09 Å². The Morgan fingerprint density at radius 1 is 1.03 bits per heavy atom. The summed E-state index contributed by atoms with van der Waals surface area (Å²) in [4.78, 5) is 14.8. The molecule has 2 bridgehead atoms. The Bertz CT molecular complexity index is 681. The Hall–Kier alpha value is -2.03. The third-order valence-corrected chi connectivity index (χ3v) is 6.54. The highest BCUT2D eigenvalue weighted by Gasteiger charge is 2.37. The smallest absolute Gasteiger partial charge is 0.410 e. The second-order valence-corrected chi connectivity index (χ2v) is 8.93. The fourth-order valence-corrected chi connectivity index (χ4v) is 4.91. The molecule has 0 spiro atoms. The predicted octanol–water partition coefficient (Wildman–Crippen LogP) is 7.57. The van der Waals surface area contributed by atoms with Gasteiger partial charge in [-0.05, 0) is 56.9 Å². The van der Waals surface area contributed by atoms with Gasteiger partial charge in [-0.15, -0.1) is 6.58 Å². The maximum absolute atomic E-state index is 12.8. The summed E-state index contributed by atoms with van der Waals surface area (Å²) < 4.78 is 5.65. The van der Waals surface area contributed by atoms with Crippen molar-refractivity contribution in [3.8, 4) is 0 Å². The van der Waals surface area contributed by atoms with E-state index >= 15 is 0 Å². The van der Waals surface area contributed by atoms with Crippen molar-refractivity contribution >= 4 is 6.09 Å². The summed E-state index contributed by atoms with van der Waals surface area (Å²) >= 11 is 0. The zero-order valence-electron chi connectivity index (χ0n) is 18.6. The lowest BCUT2D eigenvalue weighted by molar-refractivity contribution is 0.0479. The molecule has 1 aromatic carbocycles. The van der Waals surface area contributed by atoms with Crippen LogP contribution < -0.4 is 0 Å². The predicted molar refractivity (Wildman–Crippen MR) is 124 cm³/mol. The minimum absolute atomic E-state index is 0.139. The molecule has 3 rings (SSSR count). The molecule has 1 aromatic rings. The number of piperidine rings is 1. The van der Waals surface area contributed by atoms with Crippen molar-refractivity contribution < 1.29 is 9.53 Å². The molecule has 0 aliphatic carbocycles. The molecule has 164 valence electrons. The van der Waals surface area contributed by atoms with E-state index in [-0.39, 0.29) is 12.1 Å². The Kier molecular flexibility index (Phi) is 9.53. The van der Waals surface area contributed by atoms with E-state index in [1.165, 1.54) is 57.8 Å². The van der Waals surface area contributed by atoms with Crippen LogP contribution in [0.5, 0.6) is 0 Å². The summed E-state index contributed by atoms with van der Waals surface area (Å²) in [6.07, 6.45) is 20.4. The topological polar surface area (TPSA) is 29.5 Å². The molecule has 0 aromatic heterocycles. The molecule has 1 saturated heterocycles. The first kappa shape index (κ1) is 22.7.